The molecule has 3 aromatic heterocycles. The summed E-state index contributed by atoms with van der Waals surface area (Å²) in [6.45, 7) is 0. The summed E-state index contributed by atoms with van der Waals surface area (Å²) in [6.07, 6.45) is 4.23. The van der Waals surface area contributed by atoms with Crippen LogP contribution in [0, 0.1) is 11.6 Å². The summed E-state index contributed by atoms with van der Waals surface area (Å²) in [4.78, 5) is 35.6. The molecule has 0 aliphatic carbocycles. The fourth-order valence-electron chi connectivity index (χ4n) is 3.47. The number of fused-ring (bicyclic) bond motifs is 2. The lowest BCUT2D eigenvalue weighted by Gasteiger charge is -2.09. The standard InChI is InChI=1S/C21H13F2N7O2/c22-13-4-3-11(19(24)32)17(23)16(13)18(31)12-7-25-20-15(12)21(27-8-26-20)29-10-2-1-9-6-28-30-14(9)5-10/h1-8H,(H2,24,32)(H,28,30)(H2,25,26,27,29). The number of hydrogen-bond acceptors (Lipinski definition) is 6. The number of H-pyrrole nitrogens is 2. The Morgan fingerprint density at radius 1 is 1.06 bits per heavy atom. The van der Waals surface area contributed by atoms with Crippen LogP contribution in [-0.2, 0) is 0 Å². The molecule has 9 nitrogen and oxygen atoms in total. The Balaban J connectivity index is 1.63. The molecule has 0 radical (unpaired) electrons. The van der Waals surface area contributed by atoms with Crippen molar-refractivity contribution >= 4 is 45.1 Å². The molecule has 0 saturated carbocycles. The molecule has 5 aromatic rings. The maximum Gasteiger partial charge on any atom is 0.251 e. The number of hydrogen-bond donors (Lipinski definition) is 4. The van der Waals surface area contributed by atoms with Gasteiger partial charge in [0.05, 0.1) is 33.8 Å². The molecule has 0 aliphatic rings. The predicted molar refractivity (Wildman–Crippen MR) is 112 cm³/mol. The molecule has 0 spiro atoms. The minimum absolute atomic E-state index is 0.0786. The molecule has 5 rings (SSSR count). The molecule has 1 amide bonds. The molecular weight excluding hydrogens is 420 g/mol. The number of ketones is 1. The highest BCUT2D eigenvalue weighted by atomic mass is 19.1. The molecule has 0 aliphatic heterocycles. The Bertz CT molecular complexity index is 1540. The summed E-state index contributed by atoms with van der Waals surface area (Å²) < 4.78 is 29.2. The highest BCUT2D eigenvalue weighted by molar-refractivity contribution is 6.19. The van der Waals surface area contributed by atoms with E-state index in [9.17, 15) is 18.4 Å². The van der Waals surface area contributed by atoms with Gasteiger partial charge in [0.1, 0.15) is 29.4 Å². The van der Waals surface area contributed by atoms with Gasteiger partial charge in [-0.05, 0) is 30.3 Å². The van der Waals surface area contributed by atoms with Crippen LogP contribution in [-0.4, -0.2) is 36.8 Å². The van der Waals surface area contributed by atoms with Crippen molar-refractivity contribution in [2.24, 2.45) is 5.73 Å². The molecule has 3 heterocycles. The Hall–Kier alpha value is -4.67. The zero-order valence-electron chi connectivity index (χ0n) is 16.1. The van der Waals surface area contributed by atoms with Crippen LogP contribution in [0.5, 0.6) is 0 Å². The minimum Gasteiger partial charge on any atom is -0.366 e. The van der Waals surface area contributed by atoms with Crippen LogP contribution >= 0.6 is 0 Å². The van der Waals surface area contributed by atoms with Crippen molar-refractivity contribution in [3.8, 4) is 0 Å². The normalized spacial score (nSPS) is 11.2. The third-order valence-corrected chi connectivity index (χ3v) is 5.00. The van der Waals surface area contributed by atoms with Crippen molar-refractivity contribution in [3.05, 3.63) is 77.4 Å². The summed E-state index contributed by atoms with van der Waals surface area (Å²) in [5.41, 5.74) is 5.26. The van der Waals surface area contributed by atoms with E-state index in [1.54, 1.807) is 18.3 Å². The Morgan fingerprint density at radius 2 is 1.91 bits per heavy atom. The molecule has 0 saturated heterocycles. The Kier molecular flexibility index (Phi) is 4.36. The summed E-state index contributed by atoms with van der Waals surface area (Å²) >= 11 is 0. The Morgan fingerprint density at radius 3 is 2.72 bits per heavy atom. The fourth-order valence-corrected chi connectivity index (χ4v) is 3.47. The second-order valence-corrected chi connectivity index (χ2v) is 6.92. The van der Waals surface area contributed by atoms with E-state index in [1.165, 1.54) is 12.5 Å². The Labute approximate surface area is 177 Å². The van der Waals surface area contributed by atoms with E-state index in [0.717, 1.165) is 23.0 Å². The van der Waals surface area contributed by atoms with Gasteiger partial charge in [-0.25, -0.2) is 18.7 Å². The first kappa shape index (κ1) is 19.3. The number of benzene rings is 2. The quantitative estimate of drug-likeness (QED) is 0.314. The van der Waals surface area contributed by atoms with Crippen LogP contribution in [0.25, 0.3) is 21.9 Å². The molecule has 0 fully saturated rings. The van der Waals surface area contributed by atoms with Crippen LogP contribution < -0.4 is 11.1 Å². The number of primary amides is 1. The lowest BCUT2D eigenvalue weighted by atomic mass is 9.99. The zero-order valence-corrected chi connectivity index (χ0v) is 16.1. The smallest absolute Gasteiger partial charge is 0.251 e. The average Bonchev–Trinajstić information content (AvgIpc) is 3.40. The number of nitrogens with one attached hydrogen (secondary N) is 3. The third-order valence-electron chi connectivity index (χ3n) is 5.00. The van der Waals surface area contributed by atoms with E-state index in [1.807, 2.05) is 6.07 Å². The first-order chi connectivity index (χ1) is 15.4. The van der Waals surface area contributed by atoms with E-state index in [2.05, 4.69) is 30.5 Å². The van der Waals surface area contributed by atoms with Crippen LogP contribution in [0.1, 0.15) is 26.3 Å². The molecule has 0 atom stereocenters. The van der Waals surface area contributed by atoms with Crippen molar-refractivity contribution in [3.63, 3.8) is 0 Å². The molecule has 11 heteroatoms. The van der Waals surface area contributed by atoms with Gasteiger partial charge in [-0.1, -0.05) is 0 Å². The van der Waals surface area contributed by atoms with Gasteiger partial charge in [0.15, 0.2) is 0 Å². The highest BCUT2D eigenvalue weighted by Crippen LogP contribution is 2.30. The number of nitrogens with two attached hydrogens (primary N) is 1. The van der Waals surface area contributed by atoms with Gasteiger partial charge in [0.25, 0.3) is 5.91 Å². The van der Waals surface area contributed by atoms with Crippen LogP contribution in [0.2, 0.25) is 0 Å². The monoisotopic (exact) mass is 433 g/mol. The molecular formula is C21H13F2N7O2. The number of aromatic nitrogens is 5. The second-order valence-electron chi connectivity index (χ2n) is 6.92. The van der Waals surface area contributed by atoms with Crippen molar-refractivity contribution in [1.82, 2.24) is 25.1 Å². The molecule has 0 bridgehead atoms. The zero-order chi connectivity index (χ0) is 22.4. The van der Waals surface area contributed by atoms with Crippen LogP contribution in [0.3, 0.4) is 0 Å². The number of aromatic amines is 2. The first-order valence-electron chi connectivity index (χ1n) is 9.29. The van der Waals surface area contributed by atoms with E-state index in [4.69, 9.17) is 5.73 Å². The number of amides is 1. The summed E-state index contributed by atoms with van der Waals surface area (Å²) in [5.74, 6) is -4.31. The molecule has 5 N–H and O–H groups in total. The summed E-state index contributed by atoms with van der Waals surface area (Å²) in [6, 6.07) is 7.12. The molecule has 0 unspecified atom stereocenters. The number of carbonyl (C=O) groups excluding carboxylic acids is 2. The van der Waals surface area contributed by atoms with Crippen molar-refractivity contribution in [2.45, 2.75) is 0 Å². The van der Waals surface area contributed by atoms with Gasteiger partial charge in [-0.3, -0.25) is 14.7 Å². The summed E-state index contributed by atoms with van der Waals surface area (Å²) in [7, 11) is 0. The largest absolute Gasteiger partial charge is 0.366 e. The van der Waals surface area contributed by atoms with E-state index >= 15 is 0 Å². The van der Waals surface area contributed by atoms with Gasteiger partial charge in [-0.15, -0.1) is 0 Å². The fraction of sp³-hybridized carbons (Fsp3) is 0. The molecule has 2 aromatic carbocycles. The van der Waals surface area contributed by atoms with Crippen molar-refractivity contribution < 1.29 is 18.4 Å². The highest BCUT2D eigenvalue weighted by Gasteiger charge is 2.27. The van der Waals surface area contributed by atoms with Crippen molar-refractivity contribution in [1.29, 1.82) is 0 Å². The predicted octanol–water partition coefficient (Wildman–Crippen LogP) is 3.19. The lowest BCUT2D eigenvalue weighted by molar-refractivity contribution is 0.0996. The number of rotatable bonds is 5. The summed E-state index contributed by atoms with van der Waals surface area (Å²) in [5, 5.41) is 11.0. The molecule has 32 heavy (non-hydrogen) atoms. The van der Waals surface area contributed by atoms with Crippen LogP contribution in [0.4, 0.5) is 20.3 Å². The minimum atomic E-state index is -1.33. The SMILES string of the molecule is NC(=O)c1ccc(F)c(C(=O)c2c[nH]c3ncnc(Nc4ccc5cn[nH]c5c4)c23)c1F. The maximum atomic E-state index is 14.8. The van der Waals surface area contributed by atoms with Gasteiger partial charge in [0.2, 0.25) is 5.78 Å². The van der Waals surface area contributed by atoms with Gasteiger partial charge in [0, 0.05) is 17.3 Å². The molecule has 158 valence electrons. The number of anilines is 2. The topological polar surface area (TPSA) is 142 Å². The number of nitrogens with zero attached hydrogens (tertiary/aromatic N) is 3. The van der Waals surface area contributed by atoms with Gasteiger partial charge < -0.3 is 16.0 Å². The van der Waals surface area contributed by atoms with E-state index < -0.39 is 34.5 Å². The maximum absolute atomic E-state index is 14.8. The van der Waals surface area contributed by atoms with Crippen molar-refractivity contribution in [2.75, 3.05) is 5.32 Å². The van der Waals surface area contributed by atoms with Crippen LogP contribution in [0.15, 0.2) is 49.1 Å². The van der Waals surface area contributed by atoms with Gasteiger partial charge >= 0.3 is 0 Å². The first-order valence-corrected chi connectivity index (χ1v) is 9.29. The number of halogens is 2. The second kappa shape index (κ2) is 7.23. The number of carbonyl (C=O) groups is 2. The van der Waals surface area contributed by atoms with E-state index in [0.29, 0.717) is 5.69 Å². The average molecular weight is 433 g/mol. The van der Waals surface area contributed by atoms with E-state index in [-0.39, 0.29) is 22.4 Å². The van der Waals surface area contributed by atoms with Gasteiger partial charge in [-0.2, -0.15) is 5.10 Å². The third kappa shape index (κ3) is 3.03. The lowest BCUT2D eigenvalue weighted by Crippen LogP contribution is -2.17.